The second kappa shape index (κ2) is 6.16. The maximum atomic E-state index is 10.1. The third-order valence-electron chi connectivity index (χ3n) is 4.18. The molecule has 1 aliphatic rings. The van der Waals surface area contributed by atoms with Crippen molar-refractivity contribution in [3.8, 4) is 17.1 Å². The SMILES string of the molecule is Cc1cc(N(C)Cc2nc(C3CC3)no2)nc(-c2ccccc2O)n1. The van der Waals surface area contributed by atoms with Gasteiger partial charge in [0.2, 0.25) is 5.89 Å². The van der Waals surface area contributed by atoms with Gasteiger partial charge in [0.15, 0.2) is 11.6 Å². The number of nitrogens with zero attached hydrogens (tertiary/aromatic N) is 5. The Balaban J connectivity index is 1.59. The van der Waals surface area contributed by atoms with Gasteiger partial charge < -0.3 is 14.5 Å². The zero-order valence-corrected chi connectivity index (χ0v) is 14.2. The van der Waals surface area contributed by atoms with Crippen molar-refractivity contribution >= 4 is 5.82 Å². The third kappa shape index (κ3) is 3.31. The van der Waals surface area contributed by atoms with Crippen molar-refractivity contribution in [2.24, 2.45) is 0 Å². The number of phenols is 1. The summed E-state index contributed by atoms with van der Waals surface area (Å²) in [5.74, 6) is 3.23. The molecule has 7 heteroatoms. The summed E-state index contributed by atoms with van der Waals surface area (Å²) in [6.07, 6.45) is 2.29. The molecule has 1 fully saturated rings. The van der Waals surface area contributed by atoms with Gasteiger partial charge in [0.25, 0.3) is 0 Å². The second-order valence-electron chi connectivity index (χ2n) is 6.38. The molecule has 0 atom stereocenters. The monoisotopic (exact) mass is 337 g/mol. The number of hydrogen-bond donors (Lipinski definition) is 1. The molecule has 0 amide bonds. The van der Waals surface area contributed by atoms with E-state index in [4.69, 9.17) is 4.52 Å². The third-order valence-corrected chi connectivity index (χ3v) is 4.18. The van der Waals surface area contributed by atoms with E-state index in [2.05, 4.69) is 20.1 Å². The van der Waals surface area contributed by atoms with E-state index < -0.39 is 0 Å². The van der Waals surface area contributed by atoms with Crippen LogP contribution in [0.15, 0.2) is 34.9 Å². The van der Waals surface area contributed by atoms with Gasteiger partial charge in [0, 0.05) is 24.7 Å². The number of aromatic nitrogens is 4. The van der Waals surface area contributed by atoms with E-state index in [0.717, 1.165) is 30.2 Å². The molecule has 1 saturated carbocycles. The normalized spacial score (nSPS) is 13.8. The molecule has 0 bridgehead atoms. The summed E-state index contributed by atoms with van der Waals surface area (Å²) in [6, 6.07) is 8.94. The van der Waals surface area contributed by atoms with Crippen LogP contribution in [0.25, 0.3) is 11.4 Å². The average Bonchev–Trinajstić information content (AvgIpc) is 3.34. The summed E-state index contributed by atoms with van der Waals surface area (Å²) in [5, 5.41) is 14.1. The van der Waals surface area contributed by atoms with Crippen LogP contribution in [0.3, 0.4) is 0 Å². The van der Waals surface area contributed by atoms with E-state index in [1.54, 1.807) is 18.2 Å². The van der Waals surface area contributed by atoms with Crippen LogP contribution in [-0.2, 0) is 6.54 Å². The Morgan fingerprint density at radius 2 is 2.00 bits per heavy atom. The number of phenolic OH excluding ortho intramolecular Hbond substituents is 1. The molecule has 2 aromatic heterocycles. The first-order valence-corrected chi connectivity index (χ1v) is 8.28. The van der Waals surface area contributed by atoms with Crippen LogP contribution in [0.1, 0.15) is 36.2 Å². The van der Waals surface area contributed by atoms with Crippen molar-refractivity contribution in [3.05, 3.63) is 47.7 Å². The number of aromatic hydroxyl groups is 1. The Morgan fingerprint density at radius 3 is 2.76 bits per heavy atom. The molecule has 25 heavy (non-hydrogen) atoms. The van der Waals surface area contributed by atoms with Crippen molar-refractivity contribution in [1.82, 2.24) is 20.1 Å². The highest BCUT2D eigenvalue weighted by Crippen LogP contribution is 2.38. The van der Waals surface area contributed by atoms with Gasteiger partial charge in [-0.15, -0.1) is 0 Å². The summed E-state index contributed by atoms with van der Waals surface area (Å²) in [6.45, 7) is 2.37. The van der Waals surface area contributed by atoms with Crippen LogP contribution in [0, 0.1) is 6.92 Å². The van der Waals surface area contributed by atoms with Gasteiger partial charge >= 0.3 is 0 Å². The number of rotatable bonds is 5. The van der Waals surface area contributed by atoms with E-state index in [-0.39, 0.29) is 5.75 Å². The fourth-order valence-electron chi connectivity index (χ4n) is 2.65. The number of aryl methyl sites for hydroxylation is 1. The molecule has 0 radical (unpaired) electrons. The predicted molar refractivity (Wildman–Crippen MR) is 92.2 cm³/mol. The molecule has 1 N–H and O–H groups in total. The van der Waals surface area contributed by atoms with Gasteiger partial charge in [-0.2, -0.15) is 4.98 Å². The highest BCUT2D eigenvalue weighted by Gasteiger charge is 2.29. The largest absolute Gasteiger partial charge is 0.507 e. The van der Waals surface area contributed by atoms with Crippen molar-refractivity contribution in [1.29, 1.82) is 0 Å². The number of para-hydroxylation sites is 1. The Kier molecular flexibility index (Phi) is 3.83. The first-order valence-electron chi connectivity index (χ1n) is 8.28. The fourth-order valence-corrected chi connectivity index (χ4v) is 2.65. The van der Waals surface area contributed by atoms with Crippen LogP contribution < -0.4 is 4.90 Å². The van der Waals surface area contributed by atoms with E-state index in [0.29, 0.717) is 29.7 Å². The van der Waals surface area contributed by atoms with E-state index in [1.165, 1.54) is 0 Å². The lowest BCUT2D eigenvalue weighted by Crippen LogP contribution is -2.18. The van der Waals surface area contributed by atoms with Crippen LogP contribution >= 0.6 is 0 Å². The summed E-state index contributed by atoms with van der Waals surface area (Å²) in [5.41, 5.74) is 1.42. The molecule has 7 nitrogen and oxygen atoms in total. The molecule has 1 aromatic carbocycles. The Labute approximate surface area is 145 Å². The molecular formula is C18H19N5O2. The molecule has 0 spiro atoms. The lowest BCUT2D eigenvalue weighted by atomic mass is 10.2. The van der Waals surface area contributed by atoms with Crippen LogP contribution in [0.4, 0.5) is 5.82 Å². The molecule has 0 unspecified atom stereocenters. The first kappa shape index (κ1) is 15.6. The topological polar surface area (TPSA) is 88.2 Å². The van der Waals surface area contributed by atoms with E-state index in [1.807, 2.05) is 31.0 Å². The van der Waals surface area contributed by atoms with E-state index in [9.17, 15) is 5.11 Å². The fraction of sp³-hybridized carbons (Fsp3) is 0.333. The summed E-state index contributed by atoms with van der Waals surface area (Å²) < 4.78 is 5.34. The number of benzene rings is 1. The quantitative estimate of drug-likeness (QED) is 0.765. The van der Waals surface area contributed by atoms with Crippen molar-refractivity contribution < 1.29 is 9.63 Å². The Bertz CT molecular complexity index is 904. The molecular weight excluding hydrogens is 318 g/mol. The minimum absolute atomic E-state index is 0.160. The minimum atomic E-state index is 0.160. The summed E-state index contributed by atoms with van der Waals surface area (Å²) in [7, 11) is 1.91. The minimum Gasteiger partial charge on any atom is -0.507 e. The maximum Gasteiger partial charge on any atom is 0.246 e. The van der Waals surface area contributed by atoms with Crippen LogP contribution in [0.2, 0.25) is 0 Å². The summed E-state index contributed by atoms with van der Waals surface area (Å²) in [4.78, 5) is 15.4. The van der Waals surface area contributed by atoms with Crippen LogP contribution in [-0.4, -0.2) is 32.3 Å². The van der Waals surface area contributed by atoms with Gasteiger partial charge in [-0.1, -0.05) is 17.3 Å². The highest BCUT2D eigenvalue weighted by molar-refractivity contribution is 5.65. The summed E-state index contributed by atoms with van der Waals surface area (Å²) >= 11 is 0. The molecule has 1 aliphatic carbocycles. The van der Waals surface area contributed by atoms with Gasteiger partial charge in [0.1, 0.15) is 11.6 Å². The van der Waals surface area contributed by atoms with Gasteiger partial charge in [-0.3, -0.25) is 0 Å². The number of hydrogen-bond acceptors (Lipinski definition) is 7. The Hall–Kier alpha value is -2.96. The van der Waals surface area contributed by atoms with Crippen LogP contribution in [0.5, 0.6) is 5.75 Å². The standard InChI is InChI=1S/C18H19N5O2/c1-11-9-15(20-18(19-11)13-5-3-4-6-14(13)24)23(2)10-16-21-17(22-25-16)12-7-8-12/h3-6,9,12,24H,7-8,10H2,1-2H3. The molecule has 0 saturated heterocycles. The van der Waals surface area contributed by atoms with Gasteiger partial charge in [-0.05, 0) is 31.9 Å². The van der Waals surface area contributed by atoms with Gasteiger partial charge in [-0.25, -0.2) is 9.97 Å². The predicted octanol–water partition coefficient (Wildman–Crippen LogP) is 3.05. The Morgan fingerprint density at radius 1 is 1.20 bits per heavy atom. The number of anilines is 1. The molecule has 128 valence electrons. The van der Waals surface area contributed by atoms with Gasteiger partial charge in [0.05, 0.1) is 12.1 Å². The van der Waals surface area contributed by atoms with Crippen molar-refractivity contribution in [3.63, 3.8) is 0 Å². The zero-order chi connectivity index (χ0) is 17.4. The molecule has 0 aliphatic heterocycles. The average molecular weight is 337 g/mol. The smallest absolute Gasteiger partial charge is 0.246 e. The van der Waals surface area contributed by atoms with Crippen molar-refractivity contribution in [2.75, 3.05) is 11.9 Å². The maximum absolute atomic E-state index is 10.1. The highest BCUT2D eigenvalue weighted by atomic mass is 16.5. The second-order valence-corrected chi connectivity index (χ2v) is 6.38. The lowest BCUT2D eigenvalue weighted by molar-refractivity contribution is 0.372. The molecule has 3 aromatic rings. The zero-order valence-electron chi connectivity index (χ0n) is 14.2. The van der Waals surface area contributed by atoms with Crippen molar-refractivity contribution in [2.45, 2.75) is 32.2 Å². The molecule has 2 heterocycles. The first-order chi connectivity index (χ1) is 12.1. The van der Waals surface area contributed by atoms with E-state index >= 15 is 0 Å². The molecule has 4 rings (SSSR count). The lowest BCUT2D eigenvalue weighted by Gasteiger charge is -2.17.